The van der Waals surface area contributed by atoms with Gasteiger partial charge in [0.1, 0.15) is 0 Å². The second-order valence-corrected chi connectivity index (χ2v) is 7.72. The summed E-state index contributed by atoms with van der Waals surface area (Å²) < 4.78 is 0. The van der Waals surface area contributed by atoms with E-state index in [0.29, 0.717) is 11.8 Å². The van der Waals surface area contributed by atoms with Gasteiger partial charge in [0.2, 0.25) is 0 Å². The molecule has 136 valence electrons. The lowest BCUT2D eigenvalue weighted by Gasteiger charge is -2.24. The minimum atomic E-state index is 0.398. The quantitative estimate of drug-likeness (QED) is 0.516. The van der Waals surface area contributed by atoms with Crippen molar-refractivity contribution in [1.29, 1.82) is 0 Å². The van der Waals surface area contributed by atoms with E-state index in [0.717, 1.165) is 12.8 Å². The zero-order valence-corrected chi connectivity index (χ0v) is 16.4. The lowest BCUT2D eigenvalue weighted by Crippen LogP contribution is -2.09. The van der Waals surface area contributed by atoms with Crippen molar-refractivity contribution in [2.45, 2.75) is 39.0 Å². The number of hydrogen-bond donors (Lipinski definition) is 0. The first kappa shape index (κ1) is 17.8. The van der Waals surface area contributed by atoms with Crippen LogP contribution in [0.2, 0.25) is 0 Å². The monoisotopic (exact) mass is 352 g/mol. The van der Waals surface area contributed by atoms with Crippen LogP contribution in [-0.4, -0.2) is 0 Å². The highest BCUT2D eigenvalue weighted by atomic mass is 14.3. The summed E-state index contributed by atoms with van der Waals surface area (Å²) in [5, 5.41) is 0. The van der Waals surface area contributed by atoms with Crippen molar-refractivity contribution in [3.63, 3.8) is 0 Å². The lowest BCUT2D eigenvalue weighted by atomic mass is 9.80. The van der Waals surface area contributed by atoms with Gasteiger partial charge in [0, 0.05) is 11.8 Å². The highest BCUT2D eigenvalue weighted by molar-refractivity contribution is 5.58. The molecule has 0 radical (unpaired) electrons. The van der Waals surface area contributed by atoms with Crippen LogP contribution in [0.1, 0.15) is 43.7 Å². The van der Waals surface area contributed by atoms with Crippen LogP contribution in [0.4, 0.5) is 0 Å². The predicted octanol–water partition coefficient (Wildman–Crippen LogP) is 7.18. The van der Waals surface area contributed by atoms with Gasteiger partial charge >= 0.3 is 0 Å². The molecule has 0 spiro atoms. The Kier molecular flexibility index (Phi) is 5.25. The van der Waals surface area contributed by atoms with Crippen LogP contribution >= 0.6 is 0 Å². The molecule has 0 fully saturated rings. The Balaban J connectivity index is 1.61. The van der Waals surface area contributed by atoms with Crippen LogP contribution in [0.5, 0.6) is 0 Å². The zero-order chi connectivity index (χ0) is 18.6. The molecule has 4 rings (SSSR count). The number of hydrogen-bond acceptors (Lipinski definition) is 0. The topological polar surface area (TPSA) is 0 Å². The third kappa shape index (κ3) is 3.76. The third-order valence-corrected chi connectivity index (χ3v) is 5.86. The molecule has 0 amide bonds. The second kappa shape index (κ2) is 7.96. The minimum Gasteiger partial charge on any atom is -0.0741 e. The first-order valence-corrected chi connectivity index (χ1v) is 10.2. The Hall–Kier alpha value is -2.60. The molecule has 2 unspecified atom stereocenters. The molecule has 0 aliphatic heterocycles. The van der Waals surface area contributed by atoms with Gasteiger partial charge in [-0.3, -0.25) is 0 Å². The van der Waals surface area contributed by atoms with Gasteiger partial charge in [-0.2, -0.15) is 0 Å². The smallest absolute Gasteiger partial charge is 0.0305 e. The Morgan fingerprint density at radius 2 is 1.48 bits per heavy atom. The highest BCUT2D eigenvalue weighted by Gasteiger charge is 2.30. The molecule has 0 bridgehead atoms. The summed E-state index contributed by atoms with van der Waals surface area (Å²) in [5.74, 6) is 0.957. The van der Waals surface area contributed by atoms with E-state index in [1.54, 1.807) is 5.57 Å². The molecular formula is C27H28. The van der Waals surface area contributed by atoms with Crippen molar-refractivity contribution in [2.24, 2.45) is 5.92 Å². The van der Waals surface area contributed by atoms with E-state index in [1.807, 2.05) is 0 Å². The molecule has 2 aliphatic rings. The van der Waals surface area contributed by atoms with Crippen molar-refractivity contribution >= 4 is 0 Å². The normalized spacial score (nSPS) is 21.6. The van der Waals surface area contributed by atoms with Crippen LogP contribution < -0.4 is 0 Å². The SMILES string of the molecule is CCC1C=C(C)C=C1C1=CC=C(CCc2ccccc2)C1c1ccccc1. The maximum absolute atomic E-state index is 2.43. The summed E-state index contributed by atoms with van der Waals surface area (Å²) in [6, 6.07) is 21.9. The average Bonchev–Trinajstić information content (AvgIpc) is 3.30. The lowest BCUT2D eigenvalue weighted by molar-refractivity contribution is 0.723. The van der Waals surface area contributed by atoms with E-state index in [9.17, 15) is 0 Å². The van der Waals surface area contributed by atoms with Crippen LogP contribution in [0.3, 0.4) is 0 Å². The Morgan fingerprint density at radius 3 is 2.19 bits per heavy atom. The maximum Gasteiger partial charge on any atom is 0.0305 e. The molecule has 0 aromatic heterocycles. The van der Waals surface area contributed by atoms with E-state index in [1.165, 1.54) is 34.3 Å². The second-order valence-electron chi connectivity index (χ2n) is 7.72. The van der Waals surface area contributed by atoms with Gasteiger partial charge in [-0.1, -0.05) is 103 Å². The van der Waals surface area contributed by atoms with Crippen molar-refractivity contribution in [3.05, 3.63) is 118 Å². The fraction of sp³-hybridized carbons (Fsp3) is 0.259. The molecule has 2 aromatic rings. The molecule has 0 heterocycles. The largest absolute Gasteiger partial charge is 0.0741 e. The van der Waals surface area contributed by atoms with Crippen LogP contribution in [0, 0.1) is 5.92 Å². The van der Waals surface area contributed by atoms with Gasteiger partial charge < -0.3 is 0 Å². The first-order valence-electron chi connectivity index (χ1n) is 10.2. The molecule has 0 nitrogen and oxygen atoms in total. The fourth-order valence-corrected chi connectivity index (χ4v) is 4.49. The average molecular weight is 353 g/mol. The zero-order valence-electron chi connectivity index (χ0n) is 16.4. The van der Waals surface area contributed by atoms with Crippen LogP contribution in [0.25, 0.3) is 0 Å². The molecule has 0 heteroatoms. The molecule has 0 N–H and O–H groups in total. The van der Waals surface area contributed by atoms with Gasteiger partial charge in [0.15, 0.2) is 0 Å². The van der Waals surface area contributed by atoms with Crippen LogP contribution in [0.15, 0.2) is 107 Å². The molecule has 0 saturated carbocycles. The number of benzene rings is 2. The fourth-order valence-electron chi connectivity index (χ4n) is 4.49. The van der Waals surface area contributed by atoms with E-state index in [-0.39, 0.29) is 0 Å². The third-order valence-electron chi connectivity index (χ3n) is 5.86. The highest BCUT2D eigenvalue weighted by Crippen LogP contribution is 2.46. The number of rotatable bonds is 6. The standard InChI is InChI=1S/C27H28/c1-3-22-18-20(2)19-26(22)25-17-16-24(15-14-21-10-6-4-7-11-21)27(25)23-12-8-5-9-13-23/h4-13,16-19,22,27H,3,14-15H2,1-2H3. The van der Waals surface area contributed by atoms with E-state index >= 15 is 0 Å². The molecule has 2 atom stereocenters. The van der Waals surface area contributed by atoms with E-state index < -0.39 is 0 Å². The number of aryl methyl sites for hydroxylation is 1. The molecule has 27 heavy (non-hydrogen) atoms. The molecular weight excluding hydrogens is 324 g/mol. The van der Waals surface area contributed by atoms with Crippen molar-refractivity contribution in [3.8, 4) is 0 Å². The Labute approximate surface area is 163 Å². The maximum atomic E-state index is 2.43. The summed E-state index contributed by atoms with van der Waals surface area (Å²) in [7, 11) is 0. The summed E-state index contributed by atoms with van der Waals surface area (Å²) in [4.78, 5) is 0. The number of allylic oxidation sites excluding steroid dienone is 8. The van der Waals surface area contributed by atoms with Gasteiger partial charge in [-0.05, 0) is 48.5 Å². The minimum absolute atomic E-state index is 0.398. The van der Waals surface area contributed by atoms with Crippen LogP contribution in [-0.2, 0) is 6.42 Å². The summed E-state index contributed by atoms with van der Waals surface area (Å²) in [6.07, 6.45) is 13.0. The molecule has 0 saturated heterocycles. The molecule has 2 aliphatic carbocycles. The Bertz CT molecular complexity index is 907. The summed E-state index contributed by atoms with van der Waals surface area (Å²) in [5.41, 5.74) is 8.81. The van der Waals surface area contributed by atoms with Crippen molar-refractivity contribution in [1.82, 2.24) is 0 Å². The van der Waals surface area contributed by atoms with Gasteiger partial charge in [-0.25, -0.2) is 0 Å². The van der Waals surface area contributed by atoms with E-state index in [2.05, 4.69) is 98.8 Å². The Morgan fingerprint density at radius 1 is 0.778 bits per heavy atom. The van der Waals surface area contributed by atoms with Crippen molar-refractivity contribution < 1.29 is 0 Å². The van der Waals surface area contributed by atoms with Gasteiger partial charge in [-0.15, -0.1) is 0 Å². The van der Waals surface area contributed by atoms with Crippen molar-refractivity contribution in [2.75, 3.05) is 0 Å². The van der Waals surface area contributed by atoms with Gasteiger partial charge in [0.05, 0.1) is 0 Å². The summed E-state index contributed by atoms with van der Waals surface area (Å²) >= 11 is 0. The first-order chi connectivity index (χ1) is 13.3. The predicted molar refractivity (Wildman–Crippen MR) is 116 cm³/mol. The molecule has 2 aromatic carbocycles. The summed E-state index contributed by atoms with van der Waals surface area (Å²) in [6.45, 7) is 4.52. The van der Waals surface area contributed by atoms with E-state index in [4.69, 9.17) is 0 Å². The van der Waals surface area contributed by atoms with Gasteiger partial charge in [0.25, 0.3) is 0 Å².